The van der Waals surface area contributed by atoms with Gasteiger partial charge in [0.15, 0.2) is 0 Å². The molecule has 1 atom stereocenters. The minimum atomic E-state index is -0.515. The van der Waals surface area contributed by atoms with Crippen LogP contribution in [0, 0.1) is 0 Å². The molecule has 1 fully saturated rings. The van der Waals surface area contributed by atoms with Crippen molar-refractivity contribution >= 4 is 52.5 Å². The summed E-state index contributed by atoms with van der Waals surface area (Å²) in [5.74, 6) is 0.478. The van der Waals surface area contributed by atoms with Crippen LogP contribution in [0.5, 0.6) is 0 Å². The van der Waals surface area contributed by atoms with E-state index in [0.717, 1.165) is 17.9 Å². The van der Waals surface area contributed by atoms with Gasteiger partial charge >= 0.3 is 0 Å². The van der Waals surface area contributed by atoms with E-state index in [1.165, 1.54) is 5.56 Å². The van der Waals surface area contributed by atoms with Gasteiger partial charge in [0.05, 0.1) is 10.6 Å². The molecule has 7 heteroatoms. The van der Waals surface area contributed by atoms with Gasteiger partial charge in [-0.05, 0) is 55.0 Å². The normalized spacial score (nSPS) is 16.4. The molecule has 0 aromatic heterocycles. The number of nitrogens with zero attached hydrogens (tertiary/aromatic N) is 1. The highest BCUT2D eigenvalue weighted by Crippen LogP contribution is 2.27. The zero-order valence-corrected chi connectivity index (χ0v) is 17.2. The average Bonchev–Trinajstić information content (AvgIpc) is 3.15. The summed E-state index contributed by atoms with van der Waals surface area (Å²) in [6.45, 7) is 0.520. The van der Waals surface area contributed by atoms with Crippen LogP contribution in [0.2, 0.25) is 10.0 Å². The van der Waals surface area contributed by atoms with Crippen LogP contribution >= 0.6 is 35.0 Å². The molecule has 1 aliphatic heterocycles. The van der Waals surface area contributed by atoms with E-state index in [9.17, 15) is 9.59 Å². The summed E-state index contributed by atoms with van der Waals surface area (Å²) in [7, 11) is 0. The van der Waals surface area contributed by atoms with Crippen LogP contribution in [-0.2, 0) is 10.5 Å². The lowest BCUT2D eigenvalue weighted by molar-refractivity contribution is -0.119. The third-order valence-corrected chi connectivity index (χ3v) is 5.69. The number of hydrogen-bond donors (Lipinski definition) is 1. The topological polar surface area (TPSA) is 49.4 Å². The van der Waals surface area contributed by atoms with E-state index in [1.807, 2.05) is 30.5 Å². The fraction of sp³-hybridized carbons (Fsp3) is 0.300. The minimum Gasteiger partial charge on any atom is -0.327 e. The van der Waals surface area contributed by atoms with Crippen molar-refractivity contribution in [2.45, 2.75) is 24.6 Å². The smallest absolute Gasteiger partial charge is 0.256 e. The molecule has 1 saturated heterocycles. The number of amides is 2. The van der Waals surface area contributed by atoms with Gasteiger partial charge in [-0.2, -0.15) is 11.8 Å². The van der Waals surface area contributed by atoms with E-state index in [-0.39, 0.29) is 11.8 Å². The average molecular weight is 423 g/mol. The fourth-order valence-electron chi connectivity index (χ4n) is 3.18. The molecule has 1 N–H and O–H groups in total. The fourth-order valence-corrected chi connectivity index (χ4v) is 4.07. The Hall–Kier alpha value is -1.69. The molecule has 0 spiro atoms. The maximum Gasteiger partial charge on any atom is 0.256 e. The van der Waals surface area contributed by atoms with Crippen LogP contribution in [0.1, 0.15) is 28.8 Å². The number of rotatable bonds is 5. The van der Waals surface area contributed by atoms with Gasteiger partial charge in [-0.3, -0.25) is 9.59 Å². The number of carbonyl (C=O) groups excluding carboxylic acids is 2. The van der Waals surface area contributed by atoms with Gasteiger partial charge in [0.1, 0.15) is 6.04 Å². The lowest BCUT2D eigenvalue weighted by atomic mass is 10.1. The second kappa shape index (κ2) is 9.00. The van der Waals surface area contributed by atoms with Crippen LogP contribution in [0.3, 0.4) is 0 Å². The molecule has 142 valence electrons. The molecule has 1 aliphatic rings. The highest BCUT2D eigenvalue weighted by molar-refractivity contribution is 7.97. The standard InChI is InChI=1S/C20H20Cl2N2O2S/c1-27-12-13-4-7-15(8-5-13)23-19(25)18-3-2-10-24(18)20(26)16-11-14(21)6-9-17(16)22/h4-9,11,18H,2-3,10,12H2,1H3,(H,23,25). The van der Waals surface area contributed by atoms with Gasteiger partial charge in [0, 0.05) is 23.0 Å². The number of benzene rings is 2. The molecule has 0 aliphatic carbocycles. The van der Waals surface area contributed by atoms with E-state index < -0.39 is 6.04 Å². The summed E-state index contributed by atoms with van der Waals surface area (Å²) in [5.41, 5.74) is 2.25. The largest absolute Gasteiger partial charge is 0.327 e. The molecule has 27 heavy (non-hydrogen) atoms. The second-order valence-electron chi connectivity index (χ2n) is 6.40. The molecule has 2 aromatic rings. The molecule has 4 nitrogen and oxygen atoms in total. The summed E-state index contributed by atoms with van der Waals surface area (Å²) >= 11 is 13.9. The Balaban J connectivity index is 1.72. The van der Waals surface area contributed by atoms with Crippen molar-refractivity contribution < 1.29 is 9.59 Å². The van der Waals surface area contributed by atoms with E-state index in [4.69, 9.17) is 23.2 Å². The van der Waals surface area contributed by atoms with Gasteiger partial charge in [-0.15, -0.1) is 0 Å². The van der Waals surface area contributed by atoms with Crippen LogP contribution in [-0.4, -0.2) is 35.6 Å². The summed E-state index contributed by atoms with van der Waals surface area (Å²) in [5, 5.41) is 3.69. The van der Waals surface area contributed by atoms with Crippen molar-refractivity contribution in [2.24, 2.45) is 0 Å². The van der Waals surface area contributed by atoms with Crippen LogP contribution in [0.4, 0.5) is 5.69 Å². The number of likely N-dealkylation sites (tertiary alicyclic amines) is 1. The van der Waals surface area contributed by atoms with Crippen molar-refractivity contribution in [3.05, 3.63) is 63.6 Å². The third kappa shape index (κ3) is 4.78. The van der Waals surface area contributed by atoms with Crippen molar-refractivity contribution in [3.63, 3.8) is 0 Å². The number of halogens is 2. The van der Waals surface area contributed by atoms with Crippen molar-refractivity contribution in [1.29, 1.82) is 0 Å². The number of hydrogen-bond acceptors (Lipinski definition) is 3. The van der Waals surface area contributed by atoms with E-state index in [0.29, 0.717) is 28.6 Å². The third-order valence-electron chi connectivity index (χ3n) is 4.51. The van der Waals surface area contributed by atoms with Crippen LogP contribution in [0.15, 0.2) is 42.5 Å². The number of anilines is 1. The monoisotopic (exact) mass is 422 g/mol. The molecule has 0 bridgehead atoms. The number of carbonyl (C=O) groups is 2. The SMILES string of the molecule is CSCc1ccc(NC(=O)C2CCCN2C(=O)c2cc(Cl)ccc2Cl)cc1. The van der Waals surface area contributed by atoms with Crippen molar-refractivity contribution in [3.8, 4) is 0 Å². The Morgan fingerprint density at radius 3 is 2.63 bits per heavy atom. The summed E-state index contributed by atoms with van der Waals surface area (Å²) < 4.78 is 0. The Labute approximate surface area is 173 Å². The van der Waals surface area contributed by atoms with E-state index >= 15 is 0 Å². The zero-order valence-electron chi connectivity index (χ0n) is 14.9. The highest BCUT2D eigenvalue weighted by Gasteiger charge is 2.35. The molecule has 1 unspecified atom stereocenters. The molecule has 2 amide bonds. The lowest BCUT2D eigenvalue weighted by Crippen LogP contribution is -2.43. The quantitative estimate of drug-likeness (QED) is 0.728. The first-order chi connectivity index (χ1) is 13.0. The van der Waals surface area contributed by atoms with Gasteiger partial charge in [-0.1, -0.05) is 35.3 Å². The minimum absolute atomic E-state index is 0.184. The maximum absolute atomic E-state index is 12.9. The van der Waals surface area contributed by atoms with Crippen molar-refractivity contribution in [1.82, 2.24) is 4.90 Å². The Bertz CT molecular complexity index is 842. The summed E-state index contributed by atoms with van der Waals surface area (Å²) in [6, 6.07) is 12.0. The Morgan fingerprint density at radius 1 is 1.19 bits per heavy atom. The number of thioether (sulfide) groups is 1. The maximum atomic E-state index is 12.9. The predicted molar refractivity (Wildman–Crippen MR) is 113 cm³/mol. The molecule has 2 aromatic carbocycles. The molecule has 1 heterocycles. The van der Waals surface area contributed by atoms with Gasteiger partial charge in [-0.25, -0.2) is 0 Å². The Morgan fingerprint density at radius 2 is 1.93 bits per heavy atom. The van der Waals surface area contributed by atoms with Gasteiger partial charge in [0.25, 0.3) is 5.91 Å². The van der Waals surface area contributed by atoms with Gasteiger partial charge in [0.2, 0.25) is 5.91 Å². The van der Waals surface area contributed by atoms with Crippen LogP contribution in [0.25, 0.3) is 0 Å². The second-order valence-corrected chi connectivity index (χ2v) is 8.11. The summed E-state index contributed by atoms with van der Waals surface area (Å²) in [6.07, 6.45) is 3.45. The molecule has 0 saturated carbocycles. The molecular formula is C20H20Cl2N2O2S. The lowest BCUT2D eigenvalue weighted by Gasteiger charge is -2.24. The molecule has 3 rings (SSSR count). The number of nitrogens with one attached hydrogen (secondary N) is 1. The first-order valence-electron chi connectivity index (χ1n) is 8.64. The Kier molecular flexibility index (Phi) is 6.68. The first-order valence-corrected chi connectivity index (χ1v) is 10.8. The summed E-state index contributed by atoms with van der Waals surface area (Å²) in [4.78, 5) is 27.2. The van der Waals surface area contributed by atoms with Crippen LogP contribution < -0.4 is 5.32 Å². The first kappa shape index (κ1) is 20.1. The molecular weight excluding hydrogens is 403 g/mol. The molecule has 0 radical (unpaired) electrons. The van der Waals surface area contributed by atoms with E-state index in [2.05, 4.69) is 5.32 Å². The highest BCUT2D eigenvalue weighted by atomic mass is 35.5. The predicted octanol–water partition coefficient (Wildman–Crippen LogP) is 5.10. The van der Waals surface area contributed by atoms with E-state index in [1.54, 1.807) is 34.9 Å². The van der Waals surface area contributed by atoms with Crippen molar-refractivity contribution in [2.75, 3.05) is 18.1 Å². The zero-order chi connectivity index (χ0) is 19.4. The van der Waals surface area contributed by atoms with Gasteiger partial charge < -0.3 is 10.2 Å².